The predicted molar refractivity (Wildman–Crippen MR) is 65.6 cm³/mol. The fourth-order valence-electron chi connectivity index (χ4n) is 1.94. The third-order valence-corrected chi connectivity index (χ3v) is 2.88. The second kappa shape index (κ2) is 5.05. The van der Waals surface area contributed by atoms with Crippen molar-refractivity contribution in [2.75, 3.05) is 7.05 Å². The molecule has 5 heteroatoms. The zero-order chi connectivity index (χ0) is 12.3. The number of hydrogen-bond donors (Lipinski definition) is 1. The van der Waals surface area contributed by atoms with E-state index in [1.807, 2.05) is 24.0 Å². The Bertz CT molecular complexity index is 491. The van der Waals surface area contributed by atoms with Crippen LogP contribution in [0.3, 0.4) is 0 Å². The van der Waals surface area contributed by atoms with Gasteiger partial charge in [-0.25, -0.2) is 9.67 Å². The van der Waals surface area contributed by atoms with Gasteiger partial charge in [-0.2, -0.15) is 5.10 Å². The van der Waals surface area contributed by atoms with E-state index in [1.54, 1.807) is 12.5 Å². The van der Waals surface area contributed by atoms with Gasteiger partial charge in [-0.3, -0.25) is 4.98 Å². The summed E-state index contributed by atoms with van der Waals surface area (Å²) < 4.78 is 1.90. The molecule has 1 atom stereocenters. The van der Waals surface area contributed by atoms with Crippen LogP contribution in [0.1, 0.15) is 29.9 Å². The Morgan fingerprint density at radius 1 is 1.47 bits per heavy atom. The molecule has 0 saturated carbocycles. The maximum Gasteiger partial charge on any atom is 0.148 e. The molecular formula is C12H17N5. The van der Waals surface area contributed by atoms with Crippen molar-refractivity contribution in [3.63, 3.8) is 0 Å². The zero-order valence-electron chi connectivity index (χ0n) is 10.4. The molecule has 2 aromatic heterocycles. The first-order chi connectivity index (χ1) is 8.27. The van der Waals surface area contributed by atoms with Gasteiger partial charge >= 0.3 is 0 Å². The molecule has 0 spiro atoms. The molecule has 2 aromatic rings. The third-order valence-electron chi connectivity index (χ3n) is 2.88. The number of hydrogen-bond acceptors (Lipinski definition) is 4. The van der Waals surface area contributed by atoms with E-state index in [0.717, 1.165) is 17.9 Å². The van der Waals surface area contributed by atoms with Crippen LogP contribution in [0, 0.1) is 6.92 Å². The van der Waals surface area contributed by atoms with Gasteiger partial charge in [0.25, 0.3) is 0 Å². The van der Waals surface area contributed by atoms with Crippen molar-refractivity contribution >= 4 is 0 Å². The van der Waals surface area contributed by atoms with E-state index in [0.29, 0.717) is 0 Å². The summed E-state index contributed by atoms with van der Waals surface area (Å²) in [6, 6.07) is 2.04. The summed E-state index contributed by atoms with van der Waals surface area (Å²) in [5.41, 5.74) is 2.34. The fourth-order valence-corrected chi connectivity index (χ4v) is 1.94. The maximum atomic E-state index is 4.34. The summed E-state index contributed by atoms with van der Waals surface area (Å²) in [6.07, 6.45) is 5.27. The van der Waals surface area contributed by atoms with E-state index in [1.165, 1.54) is 5.56 Å². The molecule has 90 valence electrons. The standard InChI is InChI=1S/C12H17N5/c1-4-17-12(15-8-16-17)11(13-3)10-7-14-6-5-9(10)2/h5-8,11,13H,4H2,1-3H3. The number of rotatable bonds is 4. The van der Waals surface area contributed by atoms with Crippen LogP contribution >= 0.6 is 0 Å². The number of nitrogens with one attached hydrogen (secondary N) is 1. The molecule has 1 unspecified atom stereocenters. The van der Waals surface area contributed by atoms with E-state index in [2.05, 4.69) is 34.2 Å². The summed E-state index contributed by atoms with van der Waals surface area (Å²) >= 11 is 0. The van der Waals surface area contributed by atoms with Crippen molar-refractivity contribution in [1.29, 1.82) is 0 Å². The Balaban J connectivity index is 2.44. The predicted octanol–water partition coefficient (Wildman–Crippen LogP) is 1.31. The van der Waals surface area contributed by atoms with E-state index >= 15 is 0 Å². The number of aryl methyl sites for hydroxylation is 2. The van der Waals surface area contributed by atoms with Crippen LogP contribution in [0.2, 0.25) is 0 Å². The number of nitrogens with zero attached hydrogens (tertiary/aromatic N) is 4. The van der Waals surface area contributed by atoms with Gasteiger partial charge in [-0.15, -0.1) is 0 Å². The zero-order valence-corrected chi connectivity index (χ0v) is 10.4. The maximum absolute atomic E-state index is 4.34. The molecule has 0 aliphatic rings. The lowest BCUT2D eigenvalue weighted by atomic mass is 10.0. The Kier molecular flexibility index (Phi) is 3.49. The van der Waals surface area contributed by atoms with Gasteiger partial charge in [-0.1, -0.05) is 0 Å². The van der Waals surface area contributed by atoms with Crippen LogP contribution in [-0.2, 0) is 6.54 Å². The summed E-state index contributed by atoms with van der Waals surface area (Å²) in [5, 5.41) is 7.48. The summed E-state index contributed by atoms with van der Waals surface area (Å²) in [7, 11) is 1.92. The highest BCUT2D eigenvalue weighted by atomic mass is 15.3. The highest BCUT2D eigenvalue weighted by Gasteiger charge is 2.19. The quantitative estimate of drug-likeness (QED) is 0.862. The molecule has 0 amide bonds. The second-order valence-electron chi connectivity index (χ2n) is 3.89. The number of pyridine rings is 1. The Labute approximate surface area is 101 Å². The average molecular weight is 231 g/mol. The monoisotopic (exact) mass is 231 g/mol. The summed E-state index contributed by atoms with van der Waals surface area (Å²) in [6.45, 7) is 4.95. The Hall–Kier alpha value is -1.75. The van der Waals surface area contributed by atoms with E-state index in [4.69, 9.17) is 0 Å². The normalized spacial score (nSPS) is 12.6. The number of aromatic nitrogens is 4. The van der Waals surface area contributed by atoms with Crippen molar-refractivity contribution in [2.24, 2.45) is 0 Å². The van der Waals surface area contributed by atoms with Crippen LogP contribution < -0.4 is 5.32 Å². The fraction of sp³-hybridized carbons (Fsp3) is 0.417. The van der Waals surface area contributed by atoms with Crippen molar-refractivity contribution in [2.45, 2.75) is 26.4 Å². The minimum Gasteiger partial charge on any atom is -0.307 e. The molecule has 1 N–H and O–H groups in total. The van der Waals surface area contributed by atoms with Crippen LogP contribution in [-0.4, -0.2) is 26.8 Å². The van der Waals surface area contributed by atoms with Crippen LogP contribution in [0.4, 0.5) is 0 Å². The lowest BCUT2D eigenvalue weighted by Crippen LogP contribution is -2.23. The molecule has 17 heavy (non-hydrogen) atoms. The minimum absolute atomic E-state index is 0.0335. The summed E-state index contributed by atoms with van der Waals surface area (Å²) in [4.78, 5) is 8.52. The molecular weight excluding hydrogens is 214 g/mol. The van der Waals surface area contributed by atoms with Gasteiger partial charge in [-0.05, 0) is 38.1 Å². The molecule has 0 fully saturated rings. The van der Waals surface area contributed by atoms with Gasteiger partial charge in [0.05, 0.1) is 6.04 Å². The van der Waals surface area contributed by atoms with Gasteiger partial charge in [0.15, 0.2) is 0 Å². The highest BCUT2D eigenvalue weighted by molar-refractivity contribution is 5.29. The second-order valence-corrected chi connectivity index (χ2v) is 3.89. The molecule has 5 nitrogen and oxygen atoms in total. The summed E-state index contributed by atoms with van der Waals surface area (Å²) in [5.74, 6) is 0.922. The SMILES string of the molecule is CCn1ncnc1C(NC)c1cnccc1C. The molecule has 2 heterocycles. The molecule has 0 saturated heterocycles. The van der Waals surface area contributed by atoms with Crippen molar-refractivity contribution in [1.82, 2.24) is 25.1 Å². The Morgan fingerprint density at radius 3 is 2.94 bits per heavy atom. The van der Waals surface area contributed by atoms with Crippen LogP contribution in [0.5, 0.6) is 0 Å². The Morgan fingerprint density at radius 2 is 2.29 bits per heavy atom. The van der Waals surface area contributed by atoms with E-state index in [-0.39, 0.29) is 6.04 Å². The average Bonchev–Trinajstić information content (AvgIpc) is 2.81. The first kappa shape index (κ1) is 11.7. The molecule has 0 aliphatic heterocycles. The largest absolute Gasteiger partial charge is 0.307 e. The lowest BCUT2D eigenvalue weighted by Gasteiger charge is -2.17. The molecule has 0 bridgehead atoms. The van der Waals surface area contributed by atoms with Crippen molar-refractivity contribution in [3.8, 4) is 0 Å². The van der Waals surface area contributed by atoms with Gasteiger partial charge in [0.1, 0.15) is 12.2 Å². The molecule has 0 aliphatic carbocycles. The first-order valence-electron chi connectivity index (χ1n) is 5.73. The molecule has 0 aromatic carbocycles. The van der Waals surface area contributed by atoms with Gasteiger partial charge in [0.2, 0.25) is 0 Å². The first-order valence-corrected chi connectivity index (χ1v) is 5.73. The minimum atomic E-state index is 0.0335. The van der Waals surface area contributed by atoms with E-state index in [9.17, 15) is 0 Å². The molecule has 0 radical (unpaired) electrons. The third kappa shape index (κ3) is 2.19. The van der Waals surface area contributed by atoms with Crippen LogP contribution in [0.15, 0.2) is 24.8 Å². The lowest BCUT2D eigenvalue weighted by molar-refractivity contribution is 0.549. The van der Waals surface area contributed by atoms with Crippen LogP contribution in [0.25, 0.3) is 0 Å². The smallest absolute Gasteiger partial charge is 0.148 e. The molecule has 2 rings (SSSR count). The topological polar surface area (TPSA) is 55.6 Å². The van der Waals surface area contributed by atoms with Crippen molar-refractivity contribution in [3.05, 3.63) is 41.7 Å². The van der Waals surface area contributed by atoms with Gasteiger partial charge < -0.3 is 5.32 Å². The van der Waals surface area contributed by atoms with Crippen molar-refractivity contribution < 1.29 is 0 Å². The van der Waals surface area contributed by atoms with E-state index < -0.39 is 0 Å². The highest BCUT2D eigenvalue weighted by Crippen LogP contribution is 2.21. The van der Waals surface area contributed by atoms with Gasteiger partial charge in [0, 0.05) is 18.9 Å².